The molecule has 2 aromatic carbocycles. The zero-order valence-electron chi connectivity index (χ0n) is 10.9. The maximum Gasteiger partial charge on any atom is 0.323 e. The molecule has 3 rings (SSSR count). The van der Waals surface area contributed by atoms with E-state index in [0.717, 1.165) is 11.4 Å². The average Bonchev–Trinajstić information content (AvgIpc) is 3.26. The second-order valence-corrected chi connectivity index (χ2v) is 5.38. The van der Waals surface area contributed by atoms with Crippen molar-refractivity contribution in [2.75, 3.05) is 10.6 Å². The Morgan fingerprint density at radius 2 is 1.70 bits per heavy atom. The standard InChI is InChI=1S/C16H15ClN2O/c17-12-7-9-13(10-8-12)18-16(20)19-15-4-2-1-3-14(15)11-5-6-11/h1-4,7-11H,5-6H2,(H2,18,19,20). The first-order valence-electron chi connectivity index (χ1n) is 6.65. The summed E-state index contributed by atoms with van der Waals surface area (Å²) < 4.78 is 0. The van der Waals surface area contributed by atoms with Gasteiger partial charge in [0.25, 0.3) is 0 Å². The number of nitrogens with one attached hydrogen (secondary N) is 2. The summed E-state index contributed by atoms with van der Waals surface area (Å²) in [5.74, 6) is 0.599. The smallest absolute Gasteiger partial charge is 0.308 e. The minimum absolute atomic E-state index is 0.236. The van der Waals surface area contributed by atoms with Crippen LogP contribution in [0.15, 0.2) is 48.5 Å². The number of amides is 2. The summed E-state index contributed by atoms with van der Waals surface area (Å²) in [6, 6.07) is 14.8. The van der Waals surface area contributed by atoms with Gasteiger partial charge in [0.1, 0.15) is 0 Å². The van der Waals surface area contributed by atoms with E-state index in [9.17, 15) is 4.79 Å². The van der Waals surface area contributed by atoms with Crippen molar-refractivity contribution < 1.29 is 4.79 Å². The van der Waals surface area contributed by atoms with Crippen molar-refractivity contribution in [2.45, 2.75) is 18.8 Å². The first kappa shape index (κ1) is 13.0. The summed E-state index contributed by atoms with van der Waals surface area (Å²) in [6.07, 6.45) is 2.41. The van der Waals surface area contributed by atoms with Crippen LogP contribution in [0.3, 0.4) is 0 Å². The van der Waals surface area contributed by atoms with Crippen LogP contribution in [-0.4, -0.2) is 6.03 Å². The summed E-state index contributed by atoms with van der Waals surface area (Å²) in [7, 11) is 0. The third kappa shape index (κ3) is 3.11. The number of urea groups is 1. The van der Waals surface area contributed by atoms with Crippen molar-refractivity contribution in [3.8, 4) is 0 Å². The Balaban J connectivity index is 1.68. The maximum atomic E-state index is 12.0. The molecule has 0 atom stereocenters. The maximum absolute atomic E-state index is 12.0. The van der Waals surface area contributed by atoms with Gasteiger partial charge in [0.05, 0.1) is 0 Å². The molecule has 3 nitrogen and oxygen atoms in total. The molecule has 0 heterocycles. The van der Waals surface area contributed by atoms with Crippen LogP contribution in [0.2, 0.25) is 5.02 Å². The lowest BCUT2D eigenvalue weighted by molar-refractivity contribution is 0.262. The monoisotopic (exact) mass is 286 g/mol. The summed E-state index contributed by atoms with van der Waals surface area (Å²) in [5, 5.41) is 6.36. The number of halogens is 1. The van der Waals surface area contributed by atoms with Crippen molar-refractivity contribution in [3.05, 3.63) is 59.1 Å². The minimum atomic E-state index is -0.236. The number of hydrogen-bond donors (Lipinski definition) is 2. The lowest BCUT2D eigenvalue weighted by atomic mass is 10.1. The van der Waals surface area contributed by atoms with Gasteiger partial charge < -0.3 is 10.6 Å². The zero-order valence-corrected chi connectivity index (χ0v) is 11.7. The molecule has 2 N–H and O–H groups in total. The molecule has 4 heteroatoms. The predicted molar refractivity (Wildman–Crippen MR) is 82.5 cm³/mol. The Hall–Kier alpha value is -2.00. The third-order valence-electron chi connectivity index (χ3n) is 3.33. The van der Waals surface area contributed by atoms with Crippen LogP contribution >= 0.6 is 11.6 Å². The van der Waals surface area contributed by atoms with Gasteiger partial charge in [-0.25, -0.2) is 4.79 Å². The number of hydrogen-bond acceptors (Lipinski definition) is 1. The highest BCUT2D eigenvalue weighted by Crippen LogP contribution is 2.43. The van der Waals surface area contributed by atoms with Gasteiger partial charge in [-0.15, -0.1) is 0 Å². The summed E-state index contributed by atoms with van der Waals surface area (Å²) >= 11 is 5.81. The lowest BCUT2D eigenvalue weighted by Crippen LogP contribution is -2.20. The molecule has 2 amide bonds. The van der Waals surface area contributed by atoms with E-state index in [1.54, 1.807) is 24.3 Å². The van der Waals surface area contributed by atoms with E-state index in [4.69, 9.17) is 11.6 Å². The van der Waals surface area contributed by atoms with Crippen molar-refractivity contribution in [1.29, 1.82) is 0 Å². The van der Waals surface area contributed by atoms with Gasteiger partial charge in [0.15, 0.2) is 0 Å². The van der Waals surface area contributed by atoms with E-state index in [1.807, 2.05) is 18.2 Å². The number of carbonyl (C=O) groups is 1. The van der Waals surface area contributed by atoms with Gasteiger partial charge in [-0.1, -0.05) is 29.8 Å². The predicted octanol–water partition coefficient (Wildman–Crippen LogP) is 4.86. The quantitative estimate of drug-likeness (QED) is 0.831. The van der Waals surface area contributed by atoms with Gasteiger partial charge >= 0.3 is 6.03 Å². The molecule has 0 aliphatic heterocycles. The Labute approximate surface area is 123 Å². The van der Waals surface area contributed by atoms with E-state index in [2.05, 4.69) is 16.7 Å². The van der Waals surface area contributed by atoms with Crippen LogP contribution in [0.4, 0.5) is 16.2 Å². The van der Waals surface area contributed by atoms with Gasteiger partial charge in [0.2, 0.25) is 0 Å². The van der Waals surface area contributed by atoms with E-state index < -0.39 is 0 Å². The second-order valence-electron chi connectivity index (χ2n) is 4.95. The molecule has 0 aromatic heterocycles. The number of rotatable bonds is 3. The lowest BCUT2D eigenvalue weighted by Gasteiger charge is -2.11. The number of benzene rings is 2. The minimum Gasteiger partial charge on any atom is -0.308 e. The van der Waals surface area contributed by atoms with Gasteiger partial charge in [-0.05, 0) is 54.7 Å². The molecular formula is C16H15ClN2O. The van der Waals surface area contributed by atoms with E-state index in [0.29, 0.717) is 10.9 Å². The Morgan fingerprint density at radius 3 is 2.40 bits per heavy atom. The highest BCUT2D eigenvalue weighted by Gasteiger charge is 2.26. The van der Waals surface area contributed by atoms with E-state index in [1.165, 1.54) is 18.4 Å². The molecule has 1 aliphatic rings. The highest BCUT2D eigenvalue weighted by molar-refractivity contribution is 6.30. The highest BCUT2D eigenvalue weighted by atomic mass is 35.5. The summed E-state index contributed by atoms with van der Waals surface area (Å²) in [4.78, 5) is 12.0. The van der Waals surface area contributed by atoms with Crippen molar-refractivity contribution in [1.82, 2.24) is 0 Å². The summed E-state index contributed by atoms with van der Waals surface area (Å²) in [5.41, 5.74) is 2.83. The molecule has 2 aromatic rings. The molecule has 1 fully saturated rings. The molecule has 1 aliphatic carbocycles. The Morgan fingerprint density at radius 1 is 1.00 bits per heavy atom. The van der Waals surface area contributed by atoms with Crippen LogP contribution in [0.1, 0.15) is 24.3 Å². The normalized spacial score (nSPS) is 13.8. The fraction of sp³-hybridized carbons (Fsp3) is 0.188. The Kier molecular flexibility index (Phi) is 3.61. The fourth-order valence-corrected chi connectivity index (χ4v) is 2.31. The van der Waals surface area contributed by atoms with Gasteiger partial charge in [0, 0.05) is 16.4 Å². The fourth-order valence-electron chi connectivity index (χ4n) is 2.18. The van der Waals surface area contributed by atoms with Gasteiger partial charge in [-0.3, -0.25) is 0 Å². The summed E-state index contributed by atoms with van der Waals surface area (Å²) in [6.45, 7) is 0. The zero-order chi connectivity index (χ0) is 13.9. The van der Waals surface area contributed by atoms with Crippen molar-refractivity contribution in [3.63, 3.8) is 0 Å². The van der Waals surface area contributed by atoms with Crippen LogP contribution in [0.5, 0.6) is 0 Å². The van der Waals surface area contributed by atoms with Crippen molar-refractivity contribution >= 4 is 29.0 Å². The van der Waals surface area contributed by atoms with Crippen LogP contribution < -0.4 is 10.6 Å². The van der Waals surface area contributed by atoms with Crippen molar-refractivity contribution in [2.24, 2.45) is 0 Å². The largest absolute Gasteiger partial charge is 0.323 e. The average molecular weight is 287 g/mol. The SMILES string of the molecule is O=C(Nc1ccc(Cl)cc1)Nc1ccccc1C1CC1. The number of anilines is 2. The molecular weight excluding hydrogens is 272 g/mol. The molecule has 0 bridgehead atoms. The second kappa shape index (κ2) is 5.55. The van der Waals surface area contributed by atoms with Crippen LogP contribution in [0, 0.1) is 0 Å². The van der Waals surface area contributed by atoms with E-state index >= 15 is 0 Å². The molecule has 102 valence electrons. The van der Waals surface area contributed by atoms with Crippen LogP contribution in [0.25, 0.3) is 0 Å². The van der Waals surface area contributed by atoms with Gasteiger partial charge in [-0.2, -0.15) is 0 Å². The molecule has 0 saturated heterocycles. The molecule has 0 radical (unpaired) electrons. The number of carbonyl (C=O) groups excluding carboxylic acids is 1. The Bertz CT molecular complexity index is 621. The number of para-hydroxylation sites is 1. The molecule has 20 heavy (non-hydrogen) atoms. The van der Waals surface area contributed by atoms with E-state index in [-0.39, 0.29) is 6.03 Å². The van der Waals surface area contributed by atoms with Crippen LogP contribution in [-0.2, 0) is 0 Å². The first-order valence-corrected chi connectivity index (χ1v) is 7.02. The molecule has 0 spiro atoms. The molecule has 0 unspecified atom stereocenters. The molecule has 1 saturated carbocycles. The third-order valence-corrected chi connectivity index (χ3v) is 3.58. The first-order chi connectivity index (χ1) is 9.72. The topological polar surface area (TPSA) is 41.1 Å².